The van der Waals surface area contributed by atoms with Crippen molar-refractivity contribution in [2.45, 2.75) is 31.2 Å². The van der Waals surface area contributed by atoms with Crippen molar-refractivity contribution >= 4 is 11.4 Å². The van der Waals surface area contributed by atoms with Crippen LogP contribution in [0.4, 0.5) is 11.4 Å². The summed E-state index contributed by atoms with van der Waals surface area (Å²) in [5, 5.41) is 15.0. The Balaban J connectivity index is 1.65. The topological polar surface area (TPSA) is 73.6 Å². The van der Waals surface area contributed by atoms with E-state index in [9.17, 15) is 10.1 Å². The minimum atomic E-state index is -0.292. The van der Waals surface area contributed by atoms with Gasteiger partial charge in [0.05, 0.1) is 25.2 Å². The van der Waals surface area contributed by atoms with Gasteiger partial charge >= 0.3 is 0 Å². The number of hydrogen-bond donors (Lipinski definition) is 1. The van der Waals surface area contributed by atoms with Crippen molar-refractivity contribution in [1.29, 1.82) is 0 Å². The molecule has 0 saturated heterocycles. The quantitative estimate of drug-likeness (QED) is 0.603. The fourth-order valence-electron chi connectivity index (χ4n) is 6.05. The van der Waals surface area contributed by atoms with Crippen LogP contribution in [0, 0.1) is 27.9 Å². The van der Waals surface area contributed by atoms with Crippen LogP contribution in [0.25, 0.3) is 0 Å². The molecule has 3 aliphatic rings. The van der Waals surface area contributed by atoms with Gasteiger partial charge in [-0.3, -0.25) is 10.1 Å². The third kappa shape index (κ3) is 2.40. The number of anilines is 1. The molecule has 2 aliphatic carbocycles. The van der Waals surface area contributed by atoms with Crippen molar-refractivity contribution in [3.05, 3.63) is 57.6 Å². The van der Waals surface area contributed by atoms with E-state index in [-0.39, 0.29) is 16.7 Å². The van der Waals surface area contributed by atoms with Crippen molar-refractivity contribution in [3.8, 4) is 11.5 Å². The Morgan fingerprint density at radius 1 is 1.07 bits per heavy atom. The molecule has 6 nitrogen and oxygen atoms in total. The second-order valence-corrected chi connectivity index (χ2v) is 8.17. The van der Waals surface area contributed by atoms with Gasteiger partial charge in [0.25, 0.3) is 5.69 Å². The lowest BCUT2D eigenvalue weighted by Crippen LogP contribution is -2.35. The summed E-state index contributed by atoms with van der Waals surface area (Å²) in [4.78, 5) is 11.0. The minimum absolute atomic E-state index is 0.110. The number of benzene rings is 2. The van der Waals surface area contributed by atoms with Crippen molar-refractivity contribution in [1.82, 2.24) is 0 Å². The van der Waals surface area contributed by atoms with Gasteiger partial charge in [0.1, 0.15) is 0 Å². The van der Waals surface area contributed by atoms with E-state index < -0.39 is 0 Å². The molecule has 0 amide bonds. The first-order valence-electron chi connectivity index (χ1n) is 9.88. The summed E-state index contributed by atoms with van der Waals surface area (Å²) < 4.78 is 11.3. The molecule has 2 fully saturated rings. The zero-order valence-electron chi connectivity index (χ0n) is 16.1. The number of fused-ring (bicyclic) bond motifs is 7. The fourth-order valence-corrected chi connectivity index (χ4v) is 6.05. The normalized spacial score (nSPS) is 29.6. The number of non-ortho nitro benzene ring substituents is 1. The van der Waals surface area contributed by atoms with E-state index in [1.54, 1.807) is 26.4 Å². The highest BCUT2D eigenvalue weighted by molar-refractivity contribution is 5.63. The van der Waals surface area contributed by atoms with Crippen LogP contribution in [0.5, 0.6) is 11.5 Å². The smallest absolute Gasteiger partial charge is 0.269 e. The highest BCUT2D eigenvalue weighted by atomic mass is 16.6. The molecule has 1 aliphatic heterocycles. The number of methoxy groups -OCH3 is 2. The van der Waals surface area contributed by atoms with E-state index in [4.69, 9.17) is 9.47 Å². The Morgan fingerprint density at radius 2 is 1.89 bits per heavy atom. The first kappa shape index (κ1) is 17.3. The van der Waals surface area contributed by atoms with Crippen LogP contribution in [0.15, 0.2) is 36.4 Å². The molecule has 2 aromatic carbocycles. The maximum Gasteiger partial charge on any atom is 0.269 e. The van der Waals surface area contributed by atoms with Gasteiger partial charge in [-0.15, -0.1) is 0 Å². The standard InChI is InChI=1S/C22H24N2O4/c1-27-18-5-3-4-15(22(18)28-2)21-20-13-7-6-12(10-13)19(20)16-11-14(24(25)26)8-9-17(16)23-21/h3-5,8-9,11-13,19-21,23H,6-7,10H2,1-2H3/t12-,13+,19+,20+,21+/m1/s1. The van der Waals surface area contributed by atoms with Crippen molar-refractivity contribution in [3.63, 3.8) is 0 Å². The molecule has 0 radical (unpaired) electrons. The minimum Gasteiger partial charge on any atom is -0.493 e. The molecule has 1 heterocycles. The van der Waals surface area contributed by atoms with E-state index in [1.165, 1.54) is 19.3 Å². The molecule has 2 bridgehead atoms. The summed E-state index contributed by atoms with van der Waals surface area (Å²) in [6, 6.07) is 11.4. The molecule has 5 atom stereocenters. The summed E-state index contributed by atoms with van der Waals surface area (Å²) in [5.74, 6) is 3.52. The maximum atomic E-state index is 11.3. The van der Waals surface area contributed by atoms with E-state index in [2.05, 4.69) is 11.4 Å². The number of nitrogens with zero attached hydrogens (tertiary/aromatic N) is 1. The third-order valence-corrected chi connectivity index (χ3v) is 7.05. The highest BCUT2D eigenvalue weighted by Crippen LogP contribution is 2.64. The van der Waals surface area contributed by atoms with Gasteiger partial charge in [0, 0.05) is 23.4 Å². The monoisotopic (exact) mass is 380 g/mol. The van der Waals surface area contributed by atoms with Crippen LogP contribution >= 0.6 is 0 Å². The second-order valence-electron chi connectivity index (χ2n) is 8.17. The Morgan fingerprint density at radius 3 is 2.64 bits per heavy atom. The number of nitro groups is 1. The molecule has 146 valence electrons. The molecule has 1 N–H and O–H groups in total. The number of nitro benzene ring substituents is 1. The van der Waals surface area contributed by atoms with Gasteiger partial charge in [0.15, 0.2) is 11.5 Å². The number of para-hydroxylation sites is 1. The summed E-state index contributed by atoms with van der Waals surface area (Å²) in [6.45, 7) is 0. The lowest BCUT2D eigenvalue weighted by Gasteiger charge is -2.43. The number of nitrogens with one attached hydrogen (secondary N) is 1. The van der Waals surface area contributed by atoms with E-state index in [1.807, 2.05) is 18.2 Å². The zero-order valence-corrected chi connectivity index (χ0v) is 16.1. The predicted molar refractivity (Wildman–Crippen MR) is 106 cm³/mol. The summed E-state index contributed by atoms with van der Waals surface area (Å²) >= 11 is 0. The van der Waals surface area contributed by atoms with Crippen LogP contribution in [-0.4, -0.2) is 19.1 Å². The maximum absolute atomic E-state index is 11.3. The van der Waals surface area contributed by atoms with E-state index in [0.717, 1.165) is 28.3 Å². The lowest BCUT2D eigenvalue weighted by molar-refractivity contribution is -0.384. The van der Waals surface area contributed by atoms with Crippen molar-refractivity contribution in [2.75, 3.05) is 19.5 Å². The molecule has 28 heavy (non-hydrogen) atoms. The molecule has 6 heteroatoms. The molecular formula is C22H24N2O4. The highest BCUT2D eigenvalue weighted by Gasteiger charge is 2.54. The van der Waals surface area contributed by atoms with Gasteiger partial charge in [-0.05, 0) is 60.6 Å². The Kier molecular flexibility index (Phi) is 3.96. The van der Waals surface area contributed by atoms with Gasteiger partial charge < -0.3 is 14.8 Å². The molecule has 2 saturated carbocycles. The molecule has 0 unspecified atom stereocenters. The predicted octanol–water partition coefficient (Wildman–Crippen LogP) is 4.91. The van der Waals surface area contributed by atoms with Crippen LogP contribution in [0.1, 0.15) is 42.3 Å². The second kappa shape index (κ2) is 6.40. The Labute approximate surface area is 164 Å². The largest absolute Gasteiger partial charge is 0.493 e. The number of hydrogen-bond acceptors (Lipinski definition) is 5. The van der Waals surface area contributed by atoms with E-state index in [0.29, 0.717) is 23.7 Å². The first-order chi connectivity index (χ1) is 13.6. The van der Waals surface area contributed by atoms with Gasteiger partial charge in [-0.1, -0.05) is 12.1 Å². The van der Waals surface area contributed by atoms with Gasteiger partial charge in [-0.25, -0.2) is 0 Å². The van der Waals surface area contributed by atoms with Crippen molar-refractivity contribution in [2.24, 2.45) is 17.8 Å². The molecular weight excluding hydrogens is 356 g/mol. The SMILES string of the molecule is COc1cccc([C@@H]2Nc3ccc([N+](=O)[O-])cc3[C@@H]3[C@@H]4CC[C@@H](C4)[C@@H]32)c1OC. The van der Waals surface area contributed by atoms with Crippen molar-refractivity contribution < 1.29 is 14.4 Å². The fraction of sp³-hybridized carbons (Fsp3) is 0.455. The van der Waals surface area contributed by atoms with Crippen LogP contribution in [-0.2, 0) is 0 Å². The van der Waals surface area contributed by atoms with Gasteiger partial charge in [0.2, 0.25) is 0 Å². The summed E-state index contributed by atoms with van der Waals surface area (Å²) in [5.41, 5.74) is 3.41. The number of ether oxygens (including phenoxy) is 2. The summed E-state index contributed by atoms with van der Waals surface area (Å²) in [6.07, 6.45) is 3.67. The zero-order chi connectivity index (χ0) is 19.4. The lowest BCUT2D eigenvalue weighted by atomic mass is 9.68. The van der Waals surface area contributed by atoms with Crippen LogP contribution in [0.3, 0.4) is 0 Å². The van der Waals surface area contributed by atoms with Crippen LogP contribution < -0.4 is 14.8 Å². The Bertz CT molecular complexity index is 944. The molecule has 5 rings (SSSR count). The third-order valence-electron chi connectivity index (χ3n) is 7.05. The molecule has 0 spiro atoms. The Hall–Kier alpha value is -2.76. The van der Waals surface area contributed by atoms with E-state index >= 15 is 0 Å². The number of rotatable bonds is 4. The average Bonchev–Trinajstić information content (AvgIpc) is 3.34. The van der Waals surface area contributed by atoms with Crippen LogP contribution in [0.2, 0.25) is 0 Å². The molecule has 0 aromatic heterocycles. The average molecular weight is 380 g/mol. The van der Waals surface area contributed by atoms with Gasteiger partial charge in [-0.2, -0.15) is 0 Å². The first-order valence-corrected chi connectivity index (χ1v) is 9.88. The molecule has 2 aromatic rings. The summed E-state index contributed by atoms with van der Waals surface area (Å²) in [7, 11) is 3.34.